The third-order valence-corrected chi connectivity index (χ3v) is 5.63. The molecule has 9 nitrogen and oxygen atoms in total. The predicted octanol–water partition coefficient (Wildman–Crippen LogP) is 3.44. The van der Waals surface area contributed by atoms with Crippen LogP contribution >= 0.6 is 0 Å². The molecule has 0 amide bonds. The molecule has 2 N–H and O–H groups in total. The second-order valence-corrected chi connectivity index (χ2v) is 7.49. The van der Waals surface area contributed by atoms with E-state index in [4.69, 9.17) is 29.2 Å². The first-order valence-electron chi connectivity index (χ1n) is 10.1. The lowest BCUT2D eigenvalue weighted by atomic mass is 9.91. The van der Waals surface area contributed by atoms with E-state index in [9.17, 15) is 9.59 Å². The van der Waals surface area contributed by atoms with Crippen LogP contribution in [-0.2, 0) is 16.0 Å². The second-order valence-electron chi connectivity index (χ2n) is 7.49. The number of fused-ring (bicyclic) bond motifs is 4. The van der Waals surface area contributed by atoms with Crippen molar-refractivity contribution in [2.45, 2.75) is 6.42 Å². The Kier molecular flexibility index (Phi) is 5.87. The van der Waals surface area contributed by atoms with E-state index in [0.29, 0.717) is 12.2 Å². The number of likely N-dealkylation sites (N-methyl/N-ethyl adjacent to an activating group) is 1. The topological polar surface area (TPSA) is 115 Å². The molecule has 0 radical (unpaired) electrons. The first kappa shape index (κ1) is 22.1. The van der Waals surface area contributed by atoms with Crippen LogP contribution in [0.15, 0.2) is 36.4 Å². The summed E-state index contributed by atoms with van der Waals surface area (Å²) in [7, 11) is 5.46. The van der Waals surface area contributed by atoms with Gasteiger partial charge < -0.3 is 34.1 Å². The molecule has 2 heterocycles. The van der Waals surface area contributed by atoms with Gasteiger partial charge in [0.25, 0.3) is 0 Å². The number of hydrogen-bond donors (Lipinski definition) is 2. The molecule has 0 saturated carbocycles. The van der Waals surface area contributed by atoms with Crippen LogP contribution in [0.3, 0.4) is 0 Å². The zero-order chi connectivity index (χ0) is 23.7. The Morgan fingerprint density at radius 1 is 1.00 bits per heavy atom. The first-order valence-corrected chi connectivity index (χ1v) is 10.1. The van der Waals surface area contributed by atoms with Crippen molar-refractivity contribution < 1.29 is 38.7 Å². The Bertz CT molecular complexity index is 1280. The third kappa shape index (κ3) is 3.93. The maximum Gasteiger partial charge on any atom is 0.328 e. The summed E-state index contributed by atoms with van der Waals surface area (Å²) < 4.78 is 22.7. The number of aliphatic carboxylic acids is 2. The number of nitrogens with zero attached hydrogens (tertiary/aromatic N) is 1. The van der Waals surface area contributed by atoms with Crippen molar-refractivity contribution >= 4 is 39.2 Å². The molecule has 0 saturated heterocycles. The number of hydrogen-bond acceptors (Lipinski definition) is 7. The molecule has 0 atom stereocenters. The number of anilines is 1. The molecule has 172 valence electrons. The Balaban J connectivity index is 0.000000281. The maximum atomic E-state index is 9.55. The summed E-state index contributed by atoms with van der Waals surface area (Å²) in [4.78, 5) is 21.4. The third-order valence-electron chi connectivity index (χ3n) is 5.63. The minimum Gasteiger partial charge on any atom is -0.493 e. The number of carboxylic acids is 2. The van der Waals surface area contributed by atoms with Gasteiger partial charge in [0.2, 0.25) is 6.79 Å². The van der Waals surface area contributed by atoms with Gasteiger partial charge in [0.05, 0.1) is 14.2 Å². The minimum atomic E-state index is -1.26. The molecule has 2 aliphatic rings. The van der Waals surface area contributed by atoms with Crippen LogP contribution in [0.2, 0.25) is 0 Å². The molecule has 0 spiro atoms. The van der Waals surface area contributed by atoms with E-state index in [1.807, 2.05) is 6.07 Å². The molecule has 2 aliphatic heterocycles. The molecule has 3 aromatic carbocycles. The second kappa shape index (κ2) is 8.78. The highest BCUT2D eigenvalue weighted by atomic mass is 16.7. The largest absolute Gasteiger partial charge is 0.493 e. The van der Waals surface area contributed by atoms with Gasteiger partial charge in [-0.15, -0.1) is 0 Å². The Morgan fingerprint density at radius 2 is 1.73 bits per heavy atom. The maximum absolute atomic E-state index is 9.55. The lowest BCUT2D eigenvalue weighted by molar-refractivity contribution is -0.134. The van der Waals surface area contributed by atoms with Crippen molar-refractivity contribution in [1.29, 1.82) is 0 Å². The number of ether oxygens (including phenoxy) is 4. The summed E-state index contributed by atoms with van der Waals surface area (Å²) in [5, 5.41) is 20.1. The lowest BCUT2D eigenvalue weighted by Gasteiger charge is -2.29. The SMILES string of the molecule is COc1ccc2c(cc3c4c(cc5c(c42)OCO5)CCN3C)c1OC.O=C(O)/C=C/C(=O)O. The molecule has 9 heteroatoms. The van der Waals surface area contributed by atoms with Crippen LogP contribution in [-0.4, -0.2) is 56.8 Å². The van der Waals surface area contributed by atoms with Crippen LogP contribution < -0.4 is 23.8 Å². The number of rotatable bonds is 4. The van der Waals surface area contributed by atoms with Gasteiger partial charge in [0.15, 0.2) is 23.0 Å². The molecular formula is C24H23NO8. The van der Waals surface area contributed by atoms with Gasteiger partial charge in [-0.1, -0.05) is 0 Å². The minimum absolute atomic E-state index is 0.267. The molecular weight excluding hydrogens is 430 g/mol. The molecule has 5 rings (SSSR count). The number of methoxy groups -OCH3 is 2. The van der Waals surface area contributed by atoms with Gasteiger partial charge in [-0.3, -0.25) is 0 Å². The monoisotopic (exact) mass is 453 g/mol. The highest BCUT2D eigenvalue weighted by Crippen LogP contribution is 2.51. The average molecular weight is 453 g/mol. The van der Waals surface area contributed by atoms with Gasteiger partial charge in [-0.2, -0.15) is 0 Å². The van der Waals surface area contributed by atoms with Gasteiger partial charge in [-0.25, -0.2) is 9.59 Å². The van der Waals surface area contributed by atoms with Crippen LogP contribution in [0.25, 0.3) is 21.5 Å². The van der Waals surface area contributed by atoms with Crippen molar-refractivity contribution in [2.75, 3.05) is 39.5 Å². The summed E-state index contributed by atoms with van der Waals surface area (Å²) >= 11 is 0. The quantitative estimate of drug-likeness (QED) is 0.453. The smallest absolute Gasteiger partial charge is 0.328 e. The van der Waals surface area contributed by atoms with E-state index in [-0.39, 0.29) is 6.79 Å². The van der Waals surface area contributed by atoms with Gasteiger partial charge >= 0.3 is 11.9 Å². The van der Waals surface area contributed by atoms with E-state index < -0.39 is 11.9 Å². The van der Waals surface area contributed by atoms with E-state index in [0.717, 1.165) is 52.1 Å². The summed E-state index contributed by atoms with van der Waals surface area (Å²) in [6.45, 7) is 1.24. The predicted molar refractivity (Wildman–Crippen MR) is 122 cm³/mol. The van der Waals surface area contributed by atoms with E-state index >= 15 is 0 Å². The summed E-state index contributed by atoms with van der Waals surface area (Å²) in [5.74, 6) is 0.619. The summed E-state index contributed by atoms with van der Waals surface area (Å²) in [6, 6.07) is 8.36. The van der Waals surface area contributed by atoms with Gasteiger partial charge in [0.1, 0.15) is 0 Å². The fourth-order valence-electron chi connectivity index (χ4n) is 4.22. The molecule has 0 fully saturated rings. The van der Waals surface area contributed by atoms with Crippen LogP contribution in [0.4, 0.5) is 5.69 Å². The van der Waals surface area contributed by atoms with E-state index in [2.05, 4.69) is 30.1 Å². The molecule has 0 unspecified atom stereocenters. The lowest BCUT2D eigenvalue weighted by Crippen LogP contribution is -2.24. The molecule has 3 aromatic rings. The highest BCUT2D eigenvalue weighted by Gasteiger charge is 2.28. The molecule has 0 aliphatic carbocycles. The van der Waals surface area contributed by atoms with Crippen molar-refractivity contribution in [3.63, 3.8) is 0 Å². The zero-order valence-corrected chi connectivity index (χ0v) is 18.4. The first-order chi connectivity index (χ1) is 15.8. The summed E-state index contributed by atoms with van der Waals surface area (Å²) in [5.41, 5.74) is 2.50. The Labute approximate surface area is 189 Å². The van der Waals surface area contributed by atoms with Crippen molar-refractivity contribution in [1.82, 2.24) is 0 Å². The van der Waals surface area contributed by atoms with Gasteiger partial charge in [-0.05, 0) is 41.6 Å². The number of carboxylic acid groups (broad SMARTS) is 2. The Morgan fingerprint density at radius 3 is 2.36 bits per heavy atom. The highest BCUT2D eigenvalue weighted by molar-refractivity contribution is 6.19. The molecule has 0 bridgehead atoms. The standard InChI is InChI=1S/C20H19NO4.C4H4O4/c1-21-7-6-11-8-16-20(25-10-24-16)18-12-4-5-15(22-2)19(23-3)13(12)9-14(21)17(11)18;5-3(6)1-2-4(7)8/h4-5,8-9H,6-7,10H2,1-3H3;1-2H,(H,5,6)(H,7,8)/b;2-1+. The number of carbonyl (C=O) groups is 2. The van der Waals surface area contributed by atoms with E-state index in [1.54, 1.807) is 14.2 Å². The van der Waals surface area contributed by atoms with Crippen molar-refractivity contribution in [3.05, 3.63) is 42.0 Å². The fraction of sp³-hybridized carbons (Fsp3) is 0.250. The van der Waals surface area contributed by atoms with Crippen molar-refractivity contribution in [2.24, 2.45) is 0 Å². The van der Waals surface area contributed by atoms with Crippen LogP contribution in [0.1, 0.15) is 5.56 Å². The van der Waals surface area contributed by atoms with E-state index in [1.165, 1.54) is 16.6 Å². The average Bonchev–Trinajstić information content (AvgIpc) is 3.27. The van der Waals surface area contributed by atoms with Crippen molar-refractivity contribution in [3.8, 4) is 23.0 Å². The summed E-state index contributed by atoms with van der Waals surface area (Å²) in [6.07, 6.45) is 2.11. The fourth-order valence-corrected chi connectivity index (χ4v) is 4.22. The molecule has 33 heavy (non-hydrogen) atoms. The van der Waals surface area contributed by atoms with Gasteiger partial charge in [0, 0.05) is 47.6 Å². The van der Waals surface area contributed by atoms with Crippen LogP contribution in [0, 0.1) is 0 Å². The van der Waals surface area contributed by atoms with Crippen LogP contribution in [0.5, 0.6) is 23.0 Å². The Hall–Kier alpha value is -4.14. The normalized spacial score (nSPS) is 13.7. The number of benzene rings is 3. The zero-order valence-electron chi connectivity index (χ0n) is 18.4. The molecule has 0 aromatic heterocycles.